The molecule has 0 saturated carbocycles. The lowest BCUT2D eigenvalue weighted by atomic mass is 10.2. The molecular weight excluding hydrogens is 422 g/mol. The smallest absolute Gasteiger partial charge is 0.347 e. The van der Waals surface area contributed by atoms with Crippen LogP contribution in [0.15, 0.2) is 6.33 Å². The molecule has 1 aliphatic heterocycles. The Balaban J connectivity index is 1.70. The maximum atomic E-state index is 12.0. The fourth-order valence-electron chi connectivity index (χ4n) is 3.02. The lowest BCUT2D eigenvalue weighted by Gasteiger charge is -2.19. The number of nitrogen functional groups attached to an aromatic ring is 1. The van der Waals surface area contributed by atoms with E-state index in [-0.39, 0.29) is 37.3 Å². The normalized spacial score (nSPS) is 21.3. The Bertz CT molecular complexity index is 905. The summed E-state index contributed by atoms with van der Waals surface area (Å²) in [6.07, 6.45) is -2.34. The van der Waals surface area contributed by atoms with Crippen LogP contribution >= 0.6 is 11.6 Å². The number of fused-ring (bicyclic) bond motifs is 1. The van der Waals surface area contributed by atoms with Crippen LogP contribution in [0, 0.1) is 0 Å². The number of carbonyl (C=O) groups is 2. The summed E-state index contributed by atoms with van der Waals surface area (Å²) in [6.45, 7) is 3.11. The van der Waals surface area contributed by atoms with Gasteiger partial charge in [-0.3, -0.25) is 4.57 Å². The van der Waals surface area contributed by atoms with Crippen molar-refractivity contribution in [3.8, 4) is 0 Å². The molecule has 0 unspecified atom stereocenters. The molecule has 0 bridgehead atoms. The first-order chi connectivity index (χ1) is 14.3. The number of carbonyl (C=O) groups excluding carboxylic acids is 2. The van der Waals surface area contributed by atoms with Gasteiger partial charge in [0.15, 0.2) is 11.5 Å². The van der Waals surface area contributed by atoms with Gasteiger partial charge in [0.05, 0.1) is 32.3 Å². The Morgan fingerprint density at radius 3 is 2.63 bits per heavy atom. The van der Waals surface area contributed by atoms with Gasteiger partial charge in [-0.1, -0.05) is 0 Å². The van der Waals surface area contributed by atoms with Gasteiger partial charge < -0.3 is 29.8 Å². The zero-order chi connectivity index (χ0) is 21.8. The van der Waals surface area contributed by atoms with E-state index < -0.39 is 36.5 Å². The number of halogens is 1. The number of hydrogen-bond acceptors (Lipinski definition) is 11. The minimum Gasteiger partial charge on any atom is -0.464 e. The highest BCUT2D eigenvalue weighted by Crippen LogP contribution is 2.32. The van der Waals surface area contributed by atoms with Crippen LogP contribution in [0.3, 0.4) is 0 Å². The first-order valence-electron chi connectivity index (χ1n) is 9.29. The number of nitrogens with two attached hydrogens (primary N) is 1. The summed E-state index contributed by atoms with van der Waals surface area (Å²) >= 11 is 5.87. The quantitative estimate of drug-likeness (QED) is 0.326. The van der Waals surface area contributed by atoms with Crippen LogP contribution in [0.1, 0.15) is 26.5 Å². The Labute approximate surface area is 176 Å². The van der Waals surface area contributed by atoms with E-state index in [1.807, 2.05) is 0 Å². The van der Waals surface area contributed by atoms with Gasteiger partial charge in [0.1, 0.15) is 17.8 Å². The third-order valence-corrected chi connectivity index (χ3v) is 4.53. The molecule has 3 heterocycles. The lowest BCUT2D eigenvalue weighted by Crippen LogP contribution is -2.39. The molecule has 2 aromatic heterocycles. The summed E-state index contributed by atoms with van der Waals surface area (Å²) in [4.78, 5) is 36.1. The number of esters is 2. The molecule has 3 rings (SSSR count). The van der Waals surface area contributed by atoms with Crippen molar-refractivity contribution in [2.75, 3.05) is 25.6 Å². The van der Waals surface area contributed by atoms with Crippen LogP contribution in [0.5, 0.6) is 0 Å². The average molecular weight is 444 g/mol. The van der Waals surface area contributed by atoms with Crippen LogP contribution in [0.25, 0.3) is 11.2 Å². The van der Waals surface area contributed by atoms with E-state index in [4.69, 9.17) is 36.3 Å². The molecule has 0 aliphatic carbocycles. The molecule has 13 heteroatoms. The maximum Gasteiger partial charge on any atom is 0.347 e. The van der Waals surface area contributed by atoms with Gasteiger partial charge in [-0.25, -0.2) is 14.6 Å². The zero-order valence-corrected chi connectivity index (χ0v) is 17.1. The molecule has 0 amide bonds. The van der Waals surface area contributed by atoms with Gasteiger partial charge >= 0.3 is 11.9 Å². The molecule has 0 aromatic carbocycles. The lowest BCUT2D eigenvalue weighted by molar-refractivity contribution is -0.177. The number of aliphatic hydroxyl groups is 1. The monoisotopic (exact) mass is 443 g/mol. The highest BCUT2D eigenvalue weighted by Gasteiger charge is 2.39. The van der Waals surface area contributed by atoms with Gasteiger partial charge in [-0.15, -0.1) is 0 Å². The van der Waals surface area contributed by atoms with Crippen molar-refractivity contribution in [2.24, 2.45) is 0 Å². The number of aliphatic hydroxyl groups excluding tert-OH is 1. The largest absolute Gasteiger partial charge is 0.464 e. The second kappa shape index (κ2) is 9.51. The minimum atomic E-state index is -1.57. The van der Waals surface area contributed by atoms with Gasteiger partial charge in [-0.2, -0.15) is 9.97 Å². The predicted octanol–water partition coefficient (Wildman–Crippen LogP) is 0.222. The first-order valence-corrected chi connectivity index (χ1v) is 9.67. The molecule has 1 aliphatic rings. The number of nitrogens with zero attached hydrogens (tertiary/aromatic N) is 4. The van der Waals surface area contributed by atoms with Crippen molar-refractivity contribution in [1.29, 1.82) is 0 Å². The Morgan fingerprint density at radius 1 is 1.33 bits per heavy atom. The van der Waals surface area contributed by atoms with E-state index in [1.165, 1.54) is 6.33 Å². The summed E-state index contributed by atoms with van der Waals surface area (Å²) in [5.41, 5.74) is 6.50. The van der Waals surface area contributed by atoms with Gasteiger partial charge in [-0.05, 0) is 25.4 Å². The summed E-state index contributed by atoms with van der Waals surface area (Å²) in [6, 6.07) is 0. The summed E-state index contributed by atoms with van der Waals surface area (Å²) in [7, 11) is 0. The molecule has 1 saturated heterocycles. The summed E-state index contributed by atoms with van der Waals surface area (Å²) < 4.78 is 22.5. The Kier molecular flexibility index (Phi) is 7.02. The van der Waals surface area contributed by atoms with Crippen LogP contribution in [-0.4, -0.2) is 74.7 Å². The molecule has 2 aromatic rings. The van der Waals surface area contributed by atoms with Crippen LogP contribution in [0.2, 0.25) is 5.28 Å². The first kappa shape index (κ1) is 22.2. The molecule has 0 spiro atoms. The second-order valence-electron chi connectivity index (χ2n) is 6.35. The van der Waals surface area contributed by atoms with Crippen molar-refractivity contribution in [3.63, 3.8) is 0 Å². The second-order valence-corrected chi connectivity index (χ2v) is 6.69. The molecule has 0 radical (unpaired) electrons. The third kappa shape index (κ3) is 4.61. The van der Waals surface area contributed by atoms with E-state index >= 15 is 0 Å². The Morgan fingerprint density at radius 2 is 2.00 bits per heavy atom. The van der Waals surface area contributed by atoms with E-state index in [1.54, 1.807) is 18.4 Å². The Hall–Kier alpha value is -2.54. The minimum absolute atomic E-state index is 0.0492. The molecule has 12 nitrogen and oxygen atoms in total. The van der Waals surface area contributed by atoms with Gasteiger partial charge in [0, 0.05) is 6.42 Å². The molecule has 30 heavy (non-hydrogen) atoms. The topological polar surface area (TPSA) is 161 Å². The van der Waals surface area contributed by atoms with Crippen molar-refractivity contribution in [2.45, 2.75) is 44.8 Å². The van der Waals surface area contributed by atoms with E-state index in [0.717, 1.165) is 0 Å². The fourth-order valence-corrected chi connectivity index (χ4v) is 3.19. The molecule has 1 fully saturated rings. The molecule has 164 valence electrons. The van der Waals surface area contributed by atoms with E-state index in [9.17, 15) is 14.7 Å². The van der Waals surface area contributed by atoms with Crippen molar-refractivity contribution in [1.82, 2.24) is 19.5 Å². The van der Waals surface area contributed by atoms with E-state index in [2.05, 4.69) is 15.0 Å². The number of aromatic nitrogens is 4. The van der Waals surface area contributed by atoms with E-state index in [0.29, 0.717) is 11.2 Å². The number of imidazole rings is 1. The molecule has 3 N–H and O–H groups in total. The third-order valence-electron chi connectivity index (χ3n) is 4.36. The maximum absolute atomic E-state index is 12.0. The predicted molar refractivity (Wildman–Crippen MR) is 102 cm³/mol. The number of ether oxygens (including phenoxy) is 4. The van der Waals surface area contributed by atoms with Gasteiger partial charge in [0.2, 0.25) is 5.28 Å². The zero-order valence-electron chi connectivity index (χ0n) is 16.4. The highest BCUT2D eigenvalue weighted by molar-refractivity contribution is 6.28. The number of hydrogen-bond donors (Lipinski definition) is 2. The standard InChI is InChI=1S/C17H22ClN5O7/c1-3-27-15(25)12(16(26)28-4-2)29-6-9-8(24)5-10(30-9)23-7-20-11-13(19)21-17(18)22-14(11)23/h7-10,12,24H,3-6H2,1-2H3,(H2,19,21,22)/t8-,9+,10+/m0/s1. The number of anilines is 1. The average Bonchev–Trinajstić information content (AvgIpc) is 3.26. The van der Waals surface area contributed by atoms with Crippen molar-refractivity contribution < 1.29 is 33.6 Å². The molecular formula is C17H22ClN5O7. The summed E-state index contributed by atoms with van der Waals surface area (Å²) in [5.74, 6) is -1.63. The fraction of sp³-hybridized carbons (Fsp3) is 0.588. The van der Waals surface area contributed by atoms with Gasteiger partial charge in [0.25, 0.3) is 6.10 Å². The van der Waals surface area contributed by atoms with Crippen molar-refractivity contribution in [3.05, 3.63) is 11.6 Å². The van der Waals surface area contributed by atoms with Crippen molar-refractivity contribution >= 4 is 40.5 Å². The van der Waals surface area contributed by atoms with Crippen LogP contribution in [-0.2, 0) is 28.5 Å². The molecule has 3 atom stereocenters. The summed E-state index contributed by atoms with van der Waals surface area (Å²) in [5, 5.41) is 10.3. The van der Waals surface area contributed by atoms with Crippen LogP contribution < -0.4 is 5.73 Å². The SMILES string of the molecule is CCOC(=O)C(OC[C@H]1O[C@@H](n2cnc3c(N)nc(Cl)nc32)C[C@@H]1O)C(=O)OCC. The van der Waals surface area contributed by atoms with Crippen LogP contribution in [0.4, 0.5) is 5.82 Å². The highest BCUT2D eigenvalue weighted by atomic mass is 35.5. The number of rotatable bonds is 8.